The zero-order chi connectivity index (χ0) is 9.26. The number of hydrogen-bond donors (Lipinski definition) is 1. The number of likely N-dealkylation sites (tertiary alicyclic amines) is 1. The van der Waals surface area contributed by atoms with Crippen LogP contribution in [0.15, 0.2) is 0 Å². The molecule has 1 atom stereocenters. The lowest BCUT2D eigenvalue weighted by molar-refractivity contribution is 0.0146. The fourth-order valence-corrected chi connectivity index (χ4v) is 2.30. The first-order valence-corrected chi connectivity index (χ1v) is 5.25. The molecule has 0 radical (unpaired) electrons. The van der Waals surface area contributed by atoms with Crippen LogP contribution in [0.4, 0.5) is 0 Å². The highest BCUT2D eigenvalue weighted by molar-refractivity contribution is 4.90. The van der Waals surface area contributed by atoms with E-state index < -0.39 is 0 Å². The molecule has 0 aromatic rings. The van der Waals surface area contributed by atoms with Crippen molar-refractivity contribution in [3.05, 3.63) is 0 Å². The van der Waals surface area contributed by atoms with Gasteiger partial charge in [0.1, 0.15) is 0 Å². The predicted octanol–water partition coefficient (Wildman–Crippen LogP) is 0.457. The minimum absolute atomic E-state index is 0.525. The summed E-state index contributed by atoms with van der Waals surface area (Å²) in [6.07, 6.45) is 4.24. The fraction of sp³-hybridized carbons (Fsp3) is 1.00. The minimum Gasteiger partial charge on any atom is -0.381 e. The Bertz CT molecular complexity index is 168. The van der Waals surface area contributed by atoms with E-state index in [1.807, 2.05) is 7.11 Å². The maximum atomic E-state index is 5.25. The minimum atomic E-state index is 0.525. The third-order valence-electron chi connectivity index (χ3n) is 3.29. The highest BCUT2D eigenvalue weighted by Crippen LogP contribution is 2.23. The molecule has 1 unspecified atom stereocenters. The van der Waals surface area contributed by atoms with Gasteiger partial charge in [-0.25, -0.2) is 0 Å². The molecule has 1 aliphatic carbocycles. The van der Waals surface area contributed by atoms with Crippen LogP contribution in [-0.4, -0.2) is 50.3 Å². The van der Waals surface area contributed by atoms with Gasteiger partial charge in [-0.1, -0.05) is 0 Å². The van der Waals surface area contributed by atoms with Crippen molar-refractivity contribution in [3.8, 4) is 0 Å². The molecule has 1 saturated carbocycles. The summed E-state index contributed by atoms with van der Waals surface area (Å²) < 4.78 is 5.25. The molecule has 0 aromatic carbocycles. The van der Waals surface area contributed by atoms with Gasteiger partial charge in [-0.05, 0) is 32.9 Å². The summed E-state index contributed by atoms with van der Waals surface area (Å²) in [6.45, 7) is 2.46. The van der Waals surface area contributed by atoms with Gasteiger partial charge in [-0.3, -0.25) is 0 Å². The van der Waals surface area contributed by atoms with Crippen molar-refractivity contribution in [3.63, 3.8) is 0 Å². The number of hydrogen-bond acceptors (Lipinski definition) is 3. The molecule has 76 valence electrons. The van der Waals surface area contributed by atoms with Gasteiger partial charge in [0.05, 0.1) is 6.10 Å². The molecule has 3 nitrogen and oxygen atoms in total. The molecule has 0 bridgehead atoms. The van der Waals surface area contributed by atoms with E-state index >= 15 is 0 Å². The molecule has 2 aliphatic rings. The summed E-state index contributed by atoms with van der Waals surface area (Å²) >= 11 is 0. The highest BCUT2D eigenvalue weighted by atomic mass is 16.5. The van der Waals surface area contributed by atoms with E-state index in [9.17, 15) is 0 Å². The van der Waals surface area contributed by atoms with Crippen molar-refractivity contribution >= 4 is 0 Å². The lowest BCUT2D eigenvalue weighted by atomic mass is 9.88. The summed E-state index contributed by atoms with van der Waals surface area (Å²) in [5, 5.41) is 3.69. The molecule has 2 fully saturated rings. The van der Waals surface area contributed by atoms with Crippen molar-refractivity contribution in [2.45, 2.75) is 37.5 Å². The molecule has 0 amide bonds. The van der Waals surface area contributed by atoms with Crippen molar-refractivity contribution in [1.29, 1.82) is 0 Å². The lowest BCUT2D eigenvalue weighted by Crippen LogP contribution is -2.49. The molecule has 3 heteroatoms. The first-order chi connectivity index (χ1) is 6.28. The van der Waals surface area contributed by atoms with E-state index in [0.29, 0.717) is 6.10 Å². The zero-order valence-electron chi connectivity index (χ0n) is 8.62. The molecule has 0 aromatic heterocycles. The maximum Gasteiger partial charge on any atom is 0.0601 e. The molecule has 1 aliphatic heterocycles. The summed E-state index contributed by atoms with van der Waals surface area (Å²) in [6, 6.07) is 1.45. The van der Waals surface area contributed by atoms with Gasteiger partial charge >= 0.3 is 0 Å². The largest absolute Gasteiger partial charge is 0.381 e. The Kier molecular flexibility index (Phi) is 2.86. The Balaban J connectivity index is 1.64. The Hall–Kier alpha value is -0.120. The topological polar surface area (TPSA) is 24.5 Å². The van der Waals surface area contributed by atoms with Crippen LogP contribution < -0.4 is 5.32 Å². The van der Waals surface area contributed by atoms with Crippen LogP contribution in [0, 0.1) is 0 Å². The van der Waals surface area contributed by atoms with Crippen LogP contribution in [0.1, 0.15) is 19.3 Å². The average molecular weight is 184 g/mol. The standard InChI is InChI=1S/C10H20N2O/c1-12-4-3-8(7-12)11-9-5-10(6-9)13-2/h8-11H,3-7H2,1-2H3. The number of rotatable bonds is 3. The van der Waals surface area contributed by atoms with Crippen LogP contribution >= 0.6 is 0 Å². The number of nitrogens with one attached hydrogen (secondary N) is 1. The Morgan fingerprint density at radius 1 is 1.31 bits per heavy atom. The fourth-order valence-electron chi connectivity index (χ4n) is 2.30. The normalized spacial score (nSPS) is 40.6. The average Bonchev–Trinajstić information content (AvgIpc) is 2.43. The molecular weight excluding hydrogens is 164 g/mol. The van der Waals surface area contributed by atoms with E-state index in [1.54, 1.807) is 0 Å². The molecule has 2 rings (SSSR count). The summed E-state index contributed by atoms with van der Waals surface area (Å²) in [4.78, 5) is 2.39. The predicted molar refractivity (Wildman–Crippen MR) is 52.9 cm³/mol. The number of nitrogens with zero attached hydrogens (tertiary/aromatic N) is 1. The zero-order valence-corrected chi connectivity index (χ0v) is 8.62. The van der Waals surface area contributed by atoms with E-state index in [4.69, 9.17) is 4.74 Å². The van der Waals surface area contributed by atoms with Crippen LogP contribution in [0.3, 0.4) is 0 Å². The van der Waals surface area contributed by atoms with Gasteiger partial charge in [0.2, 0.25) is 0 Å². The van der Waals surface area contributed by atoms with Gasteiger partial charge in [-0.15, -0.1) is 0 Å². The molecule has 1 saturated heterocycles. The Labute approximate surface area is 80.4 Å². The quantitative estimate of drug-likeness (QED) is 0.689. The van der Waals surface area contributed by atoms with E-state index in [1.165, 1.54) is 32.4 Å². The number of likely N-dealkylation sites (N-methyl/N-ethyl adjacent to an activating group) is 1. The van der Waals surface area contributed by atoms with Crippen molar-refractivity contribution in [1.82, 2.24) is 10.2 Å². The summed E-state index contributed by atoms with van der Waals surface area (Å²) in [5.41, 5.74) is 0. The van der Waals surface area contributed by atoms with Crippen LogP contribution in [0.2, 0.25) is 0 Å². The van der Waals surface area contributed by atoms with E-state index in [-0.39, 0.29) is 0 Å². The van der Waals surface area contributed by atoms with E-state index in [2.05, 4.69) is 17.3 Å². The monoisotopic (exact) mass is 184 g/mol. The summed E-state index contributed by atoms with van der Waals surface area (Å²) in [7, 11) is 4.00. The third-order valence-corrected chi connectivity index (χ3v) is 3.29. The van der Waals surface area contributed by atoms with Gasteiger partial charge < -0.3 is 15.0 Å². The molecule has 13 heavy (non-hydrogen) atoms. The van der Waals surface area contributed by atoms with Crippen molar-refractivity contribution in [2.24, 2.45) is 0 Å². The SMILES string of the molecule is COC1CC(NC2CCN(C)C2)C1. The van der Waals surface area contributed by atoms with Crippen molar-refractivity contribution < 1.29 is 4.74 Å². The first kappa shape index (κ1) is 9.44. The Morgan fingerprint density at radius 3 is 2.62 bits per heavy atom. The lowest BCUT2D eigenvalue weighted by Gasteiger charge is -2.36. The summed E-state index contributed by atoms with van der Waals surface area (Å²) in [5.74, 6) is 0. The Morgan fingerprint density at radius 2 is 2.08 bits per heavy atom. The van der Waals surface area contributed by atoms with Gasteiger partial charge in [-0.2, -0.15) is 0 Å². The number of methoxy groups -OCH3 is 1. The number of ether oxygens (including phenoxy) is 1. The van der Waals surface area contributed by atoms with E-state index in [0.717, 1.165) is 12.1 Å². The van der Waals surface area contributed by atoms with Gasteiger partial charge in [0, 0.05) is 25.7 Å². The van der Waals surface area contributed by atoms with Crippen LogP contribution in [0.25, 0.3) is 0 Å². The second-order valence-electron chi connectivity index (χ2n) is 4.44. The third kappa shape index (κ3) is 2.22. The molecule has 1 N–H and O–H groups in total. The second kappa shape index (κ2) is 3.95. The smallest absolute Gasteiger partial charge is 0.0601 e. The molecule has 1 heterocycles. The van der Waals surface area contributed by atoms with Gasteiger partial charge in [0.15, 0.2) is 0 Å². The second-order valence-corrected chi connectivity index (χ2v) is 4.44. The first-order valence-electron chi connectivity index (χ1n) is 5.25. The molecule has 0 spiro atoms. The maximum absolute atomic E-state index is 5.25. The van der Waals surface area contributed by atoms with Crippen molar-refractivity contribution in [2.75, 3.05) is 27.2 Å². The highest BCUT2D eigenvalue weighted by Gasteiger charge is 2.31. The van der Waals surface area contributed by atoms with Gasteiger partial charge in [0.25, 0.3) is 0 Å². The van der Waals surface area contributed by atoms with Crippen LogP contribution in [0.5, 0.6) is 0 Å². The van der Waals surface area contributed by atoms with Crippen LogP contribution in [-0.2, 0) is 4.74 Å². The molecular formula is C10H20N2O.